The summed E-state index contributed by atoms with van der Waals surface area (Å²) in [6.45, 7) is 6.31. The molecule has 2 nitrogen and oxygen atoms in total. The summed E-state index contributed by atoms with van der Waals surface area (Å²) in [6, 6.07) is 8.56. The first-order chi connectivity index (χ1) is 7.99. The third kappa shape index (κ3) is 5.46. The van der Waals surface area contributed by atoms with Crippen LogP contribution in [-0.4, -0.2) is 16.0 Å². The van der Waals surface area contributed by atoms with Crippen LogP contribution >= 0.6 is 0 Å². The maximum atomic E-state index is 11.8. The van der Waals surface area contributed by atoms with Crippen molar-refractivity contribution in [3.8, 4) is 0 Å². The topological polar surface area (TPSA) is 43.1 Å². The fourth-order valence-corrected chi connectivity index (χ4v) is 2.92. The number of nitrogens with two attached hydrogens (primary N) is 1. The van der Waals surface area contributed by atoms with Gasteiger partial charge in [0, 0.05) is 28.3 Å². The highest BCUT2D eigenvalue weighted by molar-refractivity contribution is 7.84. The molecule has 0 spiro atoms. The van der Waals surface area contributed by atoms with Crippen molar-refractivity contribution in [1.29, 1.82) is 0 Å². The molecule has 0 saturated carbocycles. The lowest BCUT2D eigenvalue weighted by molar-refractivity contribution is 0.667. The van der Waals surface area contributed by atoms with Gasteiger partial charge in [0.2, 0.25) is 0 Å². The molecule has 0 fully saturated rings. The van der Waals surface area contributed by atoms with Gasteiger partial charge >= 0.3 is 0 Å². The zero-order valence-electron chi connectivity index (χ0n) is 11.0. The molecule has 0 aromatic heterocycles. The van der Waals surface area contributed by atoms with Crippen LogP contribution in [0.2, 0.25) is 0 Å². The van der Waals surface area contributed by atoms with Crippen LogP contribution in [0.1, 0.15) is 44.2 Å². The summed E-state index contributed by atoms with van der Waals surface area (Å²) in [5.74, 6) is 1.89. The van der Waals surface area contributed by atoms with Gasteiger partial charge in [0.15, 0.2) is 0 Å². The van der Waals surface area contributed by atoms with Crippen molar-refractivity contribution in [1.82, 2.24) is 0 Å². The van der Waals surface area contributed by atoms with Crippen molar-refractivity contribution < 1.29 is 4.21 Å². The highest BCUT2D eigenvalue weighted by Gasteiger charge is 2.04. The Morgan fingerprint density at radius 1 is 1.18 bits per heavy atom. The van der Waals surface area contributed by atoms with E-state index in [1.807, 2.05) is 6.92 Å². The van der Waals surface area contributed by atoms with Gasteiger partial charge in [-0.1, -0.05) is 38.1 Å². The van der Waals surface area contributed by atoms with E-state index in [-0.39, 0.29) is 6.04 Å². The molecule has 0 amide bonds. The van der Waals surface area contributed by atoms with Gasteiger partial charge in [0.25, 0.3) is 0 Å². The lowest BCUT2D eigenvalue weighted by Crippen LogP contribution is -2.18. The normalized spacial score (nSPS) is 14.9. The van der Waals surface area contributed by atoms with Gasteiger partial charge in [-0.3, -0.25) is 4.21 Å². The standard InChI is InChI=1S/C14H23NOS/c1-11(2)14-6-4-13(5-7-14)10-17(16)9-8-12(3)15/h4-7,11-12H,8-10,15H2,1-3H3. The van der Waals surface area contributed by atoms with Crippen molar-refractivity contribution in [2.24, 2.45) is 5.73 Å². The first kappa shape index (κ1) is 14.4. The maximum Gasteiger partial charge on any atom is 0.0485 e. The van der Waals surface area contributed by atoms with Crippen LogP contribution in [0.25, 0.3) is 0 Å². The van der Waals surface area contributed by atoms with Crippen molar-refractivity contribution in [2.45, 2.75) is 44.9 Å². The number of hydrogen-bond donors (Lipinski definition) is 1. The molecule has 2 N–H and O–H groups in total. The predicted molar refractivity (Wildman–Crippen MR) is 75.5 cm³/mol. The second kappa shape index (κ2) is 6.92. The summed E-state index contributed by atoms with van der Waals surface area (Å²) in [5, 5.41) is 0. The second-order valence-corrected chi connectivity index (χ2v) is 6.53. The second-order valence-electron chi connectivity index (χ2n) is 4.95. The van der Waals surface area contributed by atoms with Crippen LogP contribution in [0.4, 0.5) is 0 Å². The van der Waals surface area contributed by atoms with Crippen LogP contribution in [0.5, 0.6) is 0 Å². The van der Waals surface area contributed by atoms with E-state index < -0.39 is 10.8 Å². The van der Waals surface area contributed by atoms with Crippen LogP contribution < -0.4 is 5.73 Å². The molecule has 0 aliphatic heterocycles. The molecule has 1 aromatic rings. The number of benzene rings is 1. The molecule has 0 saturated heterocycles. The maximum absolute atomic E-state index is 11.8. The average molecular weight is 253 g/mol. The van der Waals surface area contributed by atoms with E-state index >= 15 is 0 Å². The largest absolute Gasteiger partial charge is 0.328 e. The van der Waals surface area contributed by atoms with Gasteiger partial charge in [0.05, 0.1) is 0 Å². The Morgan fingerprint density at radius 2 is 1.76 bits per heavy atom. The zero-order chi connectivity index (χ0) is 12.8. The van der Waals surface area contributed by atoms with Gasteiger partial charge in [0.1, 0.15) is 0 Å². The third-order valence-electron chi connectivity index (χ3n) is 2.77. The summed E-state index contributed by atoms with van der Waals surface area (Å²) in [7, 11) is -0.789. The Balaban J connectivity index is 2.48. The fourth-order valence-electron chi connectivity index (χ4n) is 1.57. The van der Waals surface area contributed by atoms with E-state index in [1.54, 1.807) is 0 Å². The Bertz CT molecular complexity index is 357. The van der Waals surface area contributed by atoms with Crippen molar-refractivity contribution >= 4 is 10.8 Å². The van der Waals surface area contributed by atoms with Gasteiger partial charge in [-0.05, 0) is 30.4 Å². The van der Waals surface area contributed by atoms with Crippen LogP contribution in [-0.2, 0) is 16.6 Å². The molecule has 2 unspecified atom stereocenters. The van der Waals surface area contributed by atoms with Gasteiger partial charge in [-0.2, -0.15) is 0 Å². The minimum Gasteiger partial charge on any atom is -0.328 e. The van der Waals surface area contributed by atoms with Crippen molar-refractivity contribution in [3.63, 3.8) is 0 Å². The number of hydrogen-bond acceptors (Lipinski definition) is 2. The first-order valence-electron chi connectivity index (χ1n) is 6.18. The molecule has 96 valence electrons. The molecule has 3 heteroatoms. The summed E-state index contributed by atoms with van der Waals surface area (Å²) < 4.78 is 11.8. The lowest BCUT2D eigenvalue weighted by atomic mass is 10.0. The highest BCUT2D eigenvalue weighted by Crippen LogP contribution is 2.15. The average Bonchev–Trinajstić information content (AvgIpc) is 2.27. The zero-order valence-corrected chi connectivity index (χ0v) is 11.8. The highest BCUT2D eigenvalue weighted by atomic mass is 32.2. The van der Waals surface area contributed by atoms with Crippen molar-refractivity contribution in [3.05, 3.63) is 35.4 Å². The summed E-state index contributed by atoms with van der Waals surface area (Å²) in [6.07, 6.45) is 0.830. The summed E-state index contributed by atoms with van der Waals surface area (Å²) in [5.41, 5.74) is 8.13. The van der Waals surface area contributed by atoms with E-state index in [4.69, 9.17) is 5.73 Å². The van der Waals surface area contributed by atoms with Gasteiger partial charge in [-0.15, -0.1) is 0 Å². The number of rotatable bonds is 6. The SMILES string of the molecule is CC(N)CCS(=O)Cc1ccc(C(C)C)cc1. The van der Waals surface area contributed by atoms with E-state index in [9.17, 15) is 4.21 Å². The molecular weight excluding hydrogens is 230 g/mol. The monoisotopic (exact) mass is 253 g/mol. The van der Waals surface area contributed by atoms with E-state index in [2.05, 4.69) is 38.1 Å². The molecule has 0 aliphatic rings. The quantitative estimate of drug-likeness (QED) is 0.847. The van der Waals surface area contributed by atoms with Crippen LogP contribution in [0.3, 0.4) is 0 Å². The minimum atomic E-state index is -0.789. The molecule has 0 aliphatic carbocycles. The van der Waals surface area contributed by atoms with E-state index in [1.165, 1.54) is 5.56 Å². The molecule has 1 aromatic carbocycles. The fraction of sp³-hybridized carbons (Fsp3) is 0.571. The predicted octanol–water partition coefficient (Wildman–Crippen LogP) is 2.80. The molecular formula is C14H23NOS. The molecule has 1 rings (SSSR count). The molecule has 0 radical (unpaired) electrons. The molecule has 2 atom stereocenters. The first-order valence-corrected chi connectivity index (χ1v) is 7.67. The Kier molecular flexibility index (Phi) is 5.86. The Hall–Kier alpha value is -0.670. The summed E-state index contributed by atoms with van der Waals surface area (Å²) >= 11 is 0. The van der Waals surface area contributed by atoms with E-state index in [0.717, 1.165) is 12.0 Å². The van der Waals surface area contributed by atoms with Crippen molar-refractivity contribution in [2.75, 3.05) is 5.75 Å². The van der Waals surface area contributed by atoms with Crippen LogP contribution in [0, 0.1) is 0 Å². The van der Waals surface area contributed by atoms with Crippen LogP contribution in [0.15, 0.2) is 24.3 Å². The molecule has 17 heavy (non-hydrogen) atoms. The Morgan fingerprint density at radius 3 is 2.24 bits per heavy atom. The molecule has 0 bridgehead atoms. The minimum absolute atomic E-state index is 0.141. The third-order valence-corrected chi connectivity index (χ3v) is 4.12. The summed E-state index contributed by atoms with van der Waals surface area (Å²) in [4.78, 5) is 0. The van der Waals surface area contributed by atoms with E-state index in [0.29, 0.717) is 17.4 Å². The Labute approximate surface area is 107 Å². The van der Waals surface area contributed by atoms with Gasteiger partial charge < -0.3 is 5.73 Å². The molecule has 0 heterocycles. The van der Waals surface area contributed by atoms with Gasteiger partial charge in [-0.25, -0.2) is 0 Å². The smallest absolute Gasteiger partial charge is 0.0485 e. The lowest BCUT2D eigenvalue weighted by Gasteiger charge is -2.08.